The number of aliphatic hydroxyl groups is 2. The van der Waals surface area contributed by atoms with Gasteiger partial charge in [-0.05, 0) is 26.3 Å². The highest BCUT2D eigenvalue weighted by atomic mass is 16.6. The molecule has 17 heteroatoms. The number of aliphatic carboxylic acids is 1. The number of carbonyl (C=O) groups is 3. The van der Waals surface area contributed by atoms with Crippen LogP contribution >= 0.6 is 0 Å². The lowest BCUT2D eigenvalue weighted by Crippen LogP contribution is -2.46. The number of nitrogens with zero attached hydrogens (tertiary/aromatic N) is 4. The van der Waals surface area contributed by atoms with Crippen molar-refractivity contribution in [3.63, 3.8) is 0 Å². The van der Waals surface area contributed by atoms with E-state index in [1.54, 1.807) is 20.8 Å². The van der Waals surface area contributed by atoms with Crippen molar-refractivity contribution in [1.82, 2.24) is 35.1 Å². The summed E-state index contributed by atoms with van der Waals surface area (Å²) in [4.78, 5) is 59.3. The Balaban J connectivity index is 1.57. The van der Waals surface area contributed by atoms with E-state index in [9.17, 15) is 34.5 Å². The number of carboxylic acid groups (broad SMARTS) is 1. The number of fused-ring (bicyclic) bond motifs is 1. The van der Waals surface area contributed by atoms with Crippen LogP contribution in [-0.4, -0.2) is 102 Å². The first-order valence-corrected chi connectivity index (χ1v) is 13.8. The number of hydrogen-bond acceptors (Lipinski definition) is 12. The lowest BCUT2D eigenvalue weighted by Gasteiger charge is -2.27. The SMILES string of the molecule is CC(C)(C)OC(=O)NCCN(CC(=O)O)C(O)Cn1cnc2c(NC(O)CCNC(=O)OCc3ccccc3)[nH]c(=O)nc21. The largest absolute Gasteiger partial charge is 0.480 e. The molecular weight excluding hydrogens is 580 g/mol. The third kappa shape index (κ3) is 11.2. The van der Waals surface area contributed by atoms with Crippen LogP contribution in [0.15, 0.2) is 41.5 Å². The maximum atomic E-state index is 12.3. The number of imidazole rings is 1. The predicted molar refractivity (Wildman–Crippen MR) is 156 cm³/mol. The van der Waals surface area contributed by atoms with Crippen molar-refractivity contribution in [2.75, 3.05) is 31.5 Å². The van der Waals surface area contributed by atoms with E-state index >= 15 is 0 Å². The molecule has 3 aromatic rings. The number of carbonyl (C=O) groups excluding carboxylic acids is 2. The summed E-state index contributed by atoms with van der Waals surface area (Å²) in [6, 6.07) is 9.14. The minimum atomic E-state index is -1.36. The number of aromatic amines is 1. The average Bonchev–Trinajstić information content (AvgIpc) is 3.33. The minimum Gasteiger partial charge on any atom is -0.480 e. The molecule has 0 bridgehead atoms. The van der Waals surface area contributed by atoms with E-state index in [0.29, 0.717) is 0 Å². The summed E-state index contributed by atoms with van der Waals surface area (Å²) < 4.78 is 11.6. The standard InChI is InChI=1S/C27H38N8O9/c1-27(2,3)44-26(42)29-11-12-34(14-20(38)39)19(37)13-35-16-30-21-22(32-24(40)33-23(21)35)31-18(36)9-10-28-25(41)43-15-17-7-5-4-6-8-17/h4-8,16,18-19,36-37H,9-15H2,1-3H3,(H,28,41)(H,29,42)(H,38,39)(H2,31,32,33,40). The maximum Gasteiger partial charge on any atom is 0.407 e. The van der Waals surface area contributed by atoms with Gasteiger partial charge in [-0.2, -0.15) is 4.98 Å². The molecule has 2 unspecified atom stereocenters. The number of aliphatic hydroxyl groups excluding tert-OH is 2. The maximum absolute atomic E-state index is 12.3. The van der Waals surface area contributed by atoms with Crippen LogP contribution in [0.25, 0.3) is 11.2 Å². The molecule has 2 heterocycles. The highest BCUT2D eigenvalue weighted by Crippen LogP contribution is 2.18. The van der Waals surface area contributed by atoms with Crippen LogP contribution in [0.5, 0.6) is 0 Å². The summed E-state index contributed by atoms with van der Waals surface area (Å²) in [5.41, 5.74) is -0.425. The second-order valence-electron chi connectivity index (χ2n) is 10.7. The fraction of sp³-hybridized carbons (Fsp3) is 0.481. The predicted octanol–water partition coefficient (Wildman–Crippen LogP) is 0.396. The highest BCUT2D eigenvalue weighted by Gasteiger charge is 2.22. The zero-order chi connectivity index (χ0) is 32.3. The summed E-state index contributed by atoms with van der Waals surface area (Å²) in [5, 5.41) is 38.3. The number of anilines is 1. The Morgan fingerprint density at radius 2 is 1.80 bits per heavy atom. The van der Waals surface area contributed by atoms with Crippen molar-refractivity contribution in [1.29, 1.82) is 0 Å². The van der Waals surface area contributed by atoms with Gasteiger partial charge in [-0.15, -0.1) is 0 Å². The van der Waals surface area contributed by atoms with Gasteiger partial charge in [-0.3, -0.25) is 14.7 Å². The summed E-state index contributed by atoms with van der Waals surface area (Å²) in [6.07, 6.45) is -2.56. The number of benzene rings is 1. The monoisotopic (exact) mass is 618 g/mol. The normalized spacial score (nSPS) is 12.9. The first-order chi connectivity index (χ1) is 20.8. The van der Waals surface area contributed by atoms with Gasteiger partial charge >= 0.3 is 23.8 Å². The van der Waals surface area contributed by atoms with E-state index in [0.717, 1.165) is 5.56 Å². The first-order valence-electron chi connectivity index (χ1n) is 13.8. The molecule has 0 aliphatic heterocycles. The Kier molecular flexibility index (Phi) is 12.0. The molecule has 0 fully saturated rings. The van der Waals surface area contributed by atoms with E-state index in [4.69, 9.17) is 9.47 Å². The first kappa shape index (κ1) is 33.8. The molecule has 3 rings (SSSR count). The van der Waals surface area contributed by atoms with E-state index in [1.807, 2.05) is 30.3 Å². The van der Waals surface area contributed by atoms with Gasteiger partial charge in [0.1, 0.15) is 36.0 Å². The highest BCUT2D eigenvalue weighted by molar-refractivity contribution is 5.82. The average molecular weight is 619 g/mol. The number of alkyl carbamates (subject to hydrolysis) is 2. The van der Waals surface area contributed by atoms with Gasteiger partial charge in [0.15, 0.2) is 5.65 Å². The molecule has 17 nitrogen and oxygen atoms in total. The summed E-state index contributed by atoms with van der Waals surface area (Å²) >= 11 is 0. The molecule has 0 aliphatic rings. The Morgan fingerprint density at radius 1 is 1.09 bits per heavy atom. The van der Waals surface area contributed by atoms with Crippen molar-refractivity contribution >= 4 is 35.1 Å². The summed E-state index contributed by atoms with van der Waals surface area (Å²) in [7, 11) is 0. The molecule has 0 spiro atoms. The Bertz CT molecular complexity index is 1460. The van der Waals surface area contributed by atoms with Crippen LogP contribution in [0.1, 0.15) is 32.8 Å². The van der Waals surface area contributed by atoms with Crippen molar-refractivity contribution < 1.29 is 39.2 Å². The topological polar surface area (TPSA) is 233 Å². The van der Waals surface area contributed by atoms with Crippen LogP contribution in [0.2, 0.25) is 0 Å². The number of amides is 2. The molecule has 44 heavy (non-hydrogen) atoms. The molecule has 0 radical (unpaired) electrons. The number of carboxylic acids is 1. The van der Waals surface area contributed by atoms with Crippen LogP contribution in [0.3, 0.4) is 0 Å². The second-order valence-corrected chi connectivity index (χ2v) is 10.7. The third-order valence-corrected chi connectivity index (χ3v) is 5.88. The molecule has 7 N–H and O–H groups in total. The second kappa shape index (κ2) is 15.6. The molecule has 0 saturated carbocycles. The number of hydrogen-bond donors (Lipinski definition) is 7. The quantitative estimate of drug-likeness (QED) is 0.114. The van der Waals surface area contributed by atoms with Crippen LogP contribution in [0, 0.1) is 0 Å². The van der Waals surface area contributed by atoms with Crippen LogP contribution in [0.4, 0.5) is 15.4 Å². The third-order valence-electron chi connectivity index (χ3n) is 5.88. The smallest absolute Gasteiger partial charge is 0.407 e. The molecular formula is C27H38N8O9. The fourth-order valence-corrected chi connectivity index (χ4v) is 3.94. The van der Waals surface area contributed by atoms with E-state index in [1.165, 1.54) is 15.8 Å². The van der Waals surface area contributed by atoms with Gasteiger partial charge in [0.25, 0.3) is 0 Å². The molecule has 2 aromatic heterocycles. The van der Waals surface area contributed by atoms with Crippen LogP contribution in [-0.2, 0) is 27.4 Å². The molecule has 2 atom stereocenters. The summed E-state index contributed by atoms with van der Waals surface area (Å²) in [6.45, 7) is 4.47. The fourth-order valence-electron chi connectivity index (χ4n) is 3.94. The van der Waals surface area contributed by atoms with E-state index < -0.39 is 48.4 Å². The summed E-state index contributed by atoms with van der Waals surface area (Å²) in [5.74, 6) is -1.15. The van der Waals surface area contributed by atoms with Gasteiger partial charge in [-0.25, -0.2) is 19.4 Å². The van der Waals surface area contributed by atoms with Gasteiger partial charge in [0.05, 0.1) is 19.4 Å². The molecule has 2 amide bonds. The molecule has 0 saturated heterocycles. The van der Waals surface area contributed by atoms with Crippen molar-refractivity contribution in [3.8, 4) is 0 Å². The number of ether oxygens (including phenoxy) is 2. The zero-order valence-electron chi connectivity index (χ0n) is 24.6. The van der Waals surface area contributed by atoms with E-state index in [-0.39, 0.29) is 56.2 Å². The van der Waals surface area contributed by atoms with Gasteiger partial charge < -0.3 is 45.3 Å². The zero-order valence-corrected chi connectivity index (χ0v) is 24.6. The number of nitrogens with one attached hydrogen (secondary N) is 4. The minimum absolute atomic E-state index is 0.00654. The van der Waals surface area contributed by atoms with E-state index in [2.05, 4.69) is 30.9 Å². The van der Waals surface area contributed by atoms with Gasteiger partial charge in [-0.1, -0.05) is 30.3 Å². The number of rotatable bonds is 15. The number of aromatic nitrogens is 4. The Morgan fingerprint density at radius 3 is 2.48 bits per heavy atom. The molecule has 0 aliphatic carbocycles. The van der Waals surface area contributed by atoms with Gasteiger partial charge in [0, 0.05) is 26.1 Å². The van der Waals surface area contributed by atoms with Crippen LogP contribution < -0.4 is 21.6 Å². The van der Waals surface area contributed by atoms with Crippen molar-refractivity contribution in [3.05, 3.63) is 52.7 Å². The molecule has 1 aromatic carbocycles. The lowest BCUT2D eigenvalue weighted by atomic mass is 10.2. The Hall–Kier alpha value is -4.74. The number of H-pyrrole nitrogens is 1. The van der Waals surface area contributed by atoms with Gasteiger partial charge in [0.2, 0.25) is 0 Å². The lowest BCUT2D eigenvalue weighted by molar-refractivity contribution is -0.141. The van der Waals surface area contributed by atoms with Crippen molar-refractivity contribution in [2.45, 2.75) is 58.4 Å². The Labute approximate surface area is 252 Å². The molecule has 240 valence electrons. The van der Waals surface area contributed by atoms with Crippen molar-refractivity contribution in [2.24, 2.45) is 0 Å².